The minimum Gasteiger partial charge on any atom is -0.478 e. The predicted octanol–water partition coefficient (Wildman–Crippen LogP) is 0.823. The van der Waals surface area contributed by atoms with Gasteiger partial charge < -0.3 is 14.9 Å². The monoisotopic (exact) mass is 381 g/mol. The molecule has 0 bridgehead atoms. The van der Waals surface area contributed by atoms with Gasteiger partial charge in [-0.05, 0) is 40.5 Å². The number of nitrogens with one attached hydrogen (secondary N) is 1. The second kappa shape index (κ2) is 7.85. The average molecular weight is 382 g/mol. The van der Waals surface area contributed by atoms with E-state index in [0.29, 0.717) is 0 Å². The van der Waals surface area contributed by atoms with Gasteiger partial charge in [0.2, 0.25) is 10.0 Å². The first-order valence-electron chi connectivity index (χ1n) is 5.96. The van der Waals surface area contributed by atoms with Crippen LogP contribution in [0.25, 0.3) is 0 Å². The van der Waals surface area contributed by atoms with Gasteiger partial charge in [-0.1, -0.05) is 0 Å². The van der Waals surface area contributed by atoms with Gasteiger partial charge in [0.1, 0.15) is 0 Å². The molecule has 118 valence electrons. The van der Waals surface area contributed by atoms with Crippen LogP contribution in [0.3, 0.4) is 0 Å². The van der Waals surface area contributed by atoms with Crippen LogP contribution in [0.2, 0.25) is 0 Å². The van der Waals surface area contributed by atoms with Gasteiger partial charge in [0.15, 0.2) is 0 Å². The summed E-state index contributed by atoms with van der Waals surface area (Å²) in [7, 11) is -2.53. The van der Waals surface area contributed by atoms with Crippen LogP contribution in [0, 0.1) is 0 Å². The number of methoxy groups -OCH3 is 1. The van der Waals surface area contributed by atoms with Crippen LogP contribution < -0.4 is 4.72 Å². The number of aliphatic hydroxyl groups excluding tert-OH is 1. The molecule has 0 heterocycles. The molecule has 0 saturated heterocycles. The van der Waals surface area contributed by atoms with E-state index in [9.17, 15) is 13.2 Å². The maximum absolute atomic E-state index is 12.3. The molecule has 21 heavy (non-hydrogen) atoms. The molecule has 0 aliphatic carbocycles. The van der Waals surface area contributed by atoms with Gasteiger partial charge in [-0.2, -0.15) is 0 Å². The molecule has 1 rings (SSSR count). The fraction of sp³-hybridized carbons (Fsp3) is 0.417. The fourth-order valence-electron chi connectivity index (χ4n) is 1.66. The van der Waals surface area contributed by atoms with Crippen LogP contribution in [-0.2, 0) is 14.8 Å². The summed E-state index contributed by atoms with van der Waals surface area (Å²) in [5, 5.41) is 17.9. The molecule has 0 radical (unpaired) electrons. The number of carbonyl (C=O) groups is 1. The zero-order valence-electron chi connectivity index (χ0n) is 11.2. The molecule has 0 spiro atoms. The first-order chi connectivity index (χ1) is 9.81. The van der Waals surface area contributed by atoms with E-state index < -0.39 is 22.0 Å². The van der Waals surface area contributed by atoms with Crippen molar-refractivity contribution in [1.29, 1.82) is 0 Å². The molecular formula is C12H16BrNO6S. The van der Waals surface area contributed by atoms with Crippen LogP contribution >= 0.6 is 15.9 Å². The van der Waals surface area contributed by atoms with Crippen LogP contribution in [0.4, 0.5) is 0 Å². The molecular weight excluding hydrogens is 366 g/mol. The van der Waals surface area contributed by atoms with Crippen molar-refractivity contribution >= 4 is 31.9 Å². The minimum absolute atomic E-state index is 0.0933. The smallest absolute Gasteiger partial charge is 0.335 e. The quantitative estimate of drug-likeness (QED) is 0.614. The van der Waals surface area contributed by atoms with Gasteiger partial charge in [-0.25, -0.2) is 17.9 Å². The van der Waals surface area contributed by atoms with Gasteiger partial charge in [0.05, 0.1) is 17.1 Å². The standard InChI is InChI=1S/C12H16BrNO6S/c1-20-7-9(4-5-15)14-21(18,19)11-6-8(12(16)17)2-3-10(11)13/h2-3,6,9,14-15H,4-5,7H2,1H3,(H,16,17). The summed E-state index contributed by atoms with van der Waals surface area (Å²) in [6, 6.07) is 3.11. The topological polar surface area (TPSA) is 113 Å². The summed E-state index contributed by atoms with van der Waals surface area (Å²) >= 11 is 3.09. The predicted molar refractivity (Wildman–Crippen MR) is 78.8 cm³/mol. The highest BCUT2D eigenvalue weighted by Crippen LogP contribution is 2.23. The first-order valence-corrected chi connectivity index (χ1v) is 8.24. The molecule has 1 aromatic carbocycles. The summed E-state index contributed by atoms with van der Waals surface area (Å²) in [5.74, 6) is -1.22. The molecule has 0 fully saturated rings. The molecule has 1 unspecified atom stereocenters. The Bertz CT molecular complexity index is 598. The molecule has 0 saturated carbocycles. The number of ether oxygens (including phenoxy) is 1. The highest BCUT2D eigenvalue weighted by Gasteiger charge is 2.23. The Morgan fingerprint density at radius 2 is 2.14 bits per heavy atom. The van der Waals surface area contributed by atoms with E-state index >= 15 is 0 Å². The SMILES string of the molecule is COCC(CCO)NS(=O)(=O)c1cc(C(=O)O)ccc1Br. The van der Waals surface area contributed by atoms with Crippen LogP contribution in [0.15, 0.2) is 27.6 Å². The van der Waals surface area contributed by atoms with Crippen molar-refractivity contribution in [2.75, 3.05) is 20.3 Å². The van der Waals surface area contributed by atoms with Crippen LogP contribution in [-0.4, -0.2) is 51.0 Å². The van der Waals surface area contributed by atoms with E-state index in [1.807, 2.05) is 0 Å². The Balaban J connectivity index is 3.11. The van der Waals surface area contributed by atoms with E-state index in [1.54, 1.807) is 0 Å². The average Bonchev–Trinajstić information content (AvgIpc) is 2.38. The zero-order chi connectivity index (χ0) is 16.0. The summed E-state index contributed by atoms with van der Waals surface area (Å²) in [6.45, 7) is -0.108. The Hall–Kier alpha value is -1.00. The molecule has 0 aliphatic heterocycles. The fourth-order valence-corrected chi connectivity index (χ4v) is 3.90. The molecule has 0 amide bonds. The van der Waals surface area contributed by atoms with Gasteiger partial charge in [-0.3, -0.25) is 0 Å². The number of carboxylic acid groups (broad SMARTS) is 1. The van der Waals surface area contributed by atoms with Crippen molar-refractivity contribution < 1.29 is 28.2 Å². The van der Waals surface area contributed by atoms with Gasteiger partial charge in [0, 0.05) is 24.2 Å². The summed E-state index contributed by atoms with van der Waals surface area (Å²) in [5.41, 5.74) is -0.135. The van der Waals surface area contributed by atoms with Crippen LogP contribution in [0.5, 0.6) is 0 Å². The second-order valence-electron chi connectivity index (χ2n) is 4.24. The third-order valence-corrected chi connectivity index (χ3v) is 5.15. The van der Waals surface area contributed by atoms with Crippen molar-refractivity contribution in [3.63, 3.8) is 0 Å². The van der Waals surface area contributed by atoms with Crippen LogP contribution in [0.1, 0.15) is 16.8 Å². The summed E-state index contributed by atoms with van der Waals surface area (Å²) in [6.07, 6.45) is 0.184. The Morgan fingerprint density at radius 3 is 2.67 bits per heavy atom. The lowest BCUT2D eigenvalue weighted by molar-refractivity contribution is 0.0696. The minimum atomic E-state index is -3.94. The van der Waals surface area contributed by atoms with Crippen molar-refractivity contribution in [2.45, 2.75) is 17.4 Å². The van der Waals surface area contributed by atoms with Gasteiger partial charge >= 0.3 is 5.97 Å². The molecule has 9 heteroatoms. The highest BCUT2D eigenvalue weighted by atomic mass is 79.9. The first kappa shape index (κ1) is 18.1. The van der Waals surface area contributed by atoms with Crippen molar-refractivity contribution in [1.82, 2.24) is 4.72 Å². The third kappa shape index (κ3) is 5.04. The van der Waals surface area contributed by atoms with Crippen molar-refractivity contribution in [3.8, 4) is 0 Å². The number of carboxylic acids is 1. The van der Waals surface area contributed by atoms with E-state index in [2.05, 4.69) is 20.7 Å². The number of aromatic carboxylic acids is 1. The molecule has 1 aromatic rings. The van der Waals surface area contributed by atoms with Gasteiger partial charge in [0.25, 0.3) is 0 Å². The van der Waals surface area contributed by atoms with E-state index in [1.165, 1.54) is 19.2 Å². The number of hydrogen-bond donors (Lipinski definition) is 3. The number of halogens is 1. The second-order valence-corrected chi connectivity index (χ2v) is 6.77. The van der Waals surface area contributed by atoms with E-state index in [0.717, 1.165) is 6.07 Å². The Morgan fingerprint density at radius 1 is 1.48 bits per heavy atom. The van der Waals surface area contributed by atoms with E-state index in [-0.39, 0.29) is 34.6 Å². The zero-order valence-corrected chi connectivity index (χ0v) is 13.6. The lowest BCUT2D eigenvalue weighted by Crippen LogP contribution is -2.38. The molecule has 0 aliphatic rings. The van der Waals surface area contributed by atoms with Gasteiger partial charge in [-0.15, -0.1) is 0 Å². The maximum atomic E-state index is 12.3. The number of hydrogen-bond acceptors (Lipinski definition) is 5. The largest absolute Gasteiger partial charge is 0.478 e. The third-order valence-electron chi connectivity index (χ3n) is 2.63. The lowest BCUT2D eigenvalue weighted by atomic mass is 10.2. The van der Waals surface area contributed by atoms with E-state index in [4.69, 9.17) is 14.9 Å². The lowest BCUT2D eigenvalue weighted by Gasteiger charge is -2.17. The number of aliphatic hydroxyl groups is 1. The summed E-state index contributed by atoms with van der Waals surface area (Å²) < 4.78 is 32.2. The highest BCUT2D eigenvalue weighted by molar-refractivity contribution is 9.10. The summed E-state index contributed by atoms with van der Waals surface area (Å²) in [4.78, 5) is 10.8. The number of rotatable bonds is 8. The normalized spacial score (nSPS) is 13.1. The molecule has 7 nitrogen and oxygen atoms in total. The number of benzene rings is 1. The molecule has 0 aromatic heterocycles. The molecule has 1 atom stereocenters. The number of sulfonamides is 1. The molecule has 3 N–H and O–H groups in total. The Kier molecular flexibility index (Phi) is 6.75. The van der Waals surface area contributed by atoms with Crippen molar-refractivity contribution in [2.24, 2.45) is 0 Å². The maximum Gasteiger partial charge on any atom is 0.335 e. The van der Waals surface area contributed by atoms with Crippen molar-refractivity contribution in [3.05, 3.63) is 28.2 Å². The Labute approximate surface area is 131 Å².